The van der Waals surface area contributed by atoms with Gasteiger partial charge in [-0.15, -0.1) is 0 Å². The molecule has 2 nitrogen and oxygen atoms in total. The summed E-state index contributed by atoms with van der Waals surface area (Å²) in [6.45, 7) is 5.66. The molecule has 0 unspecified atom stereocenters. The van der Waals surface area contributed by atoms with Gasteiger partial charge in [0.15, 0.2) is 0 Å². The molecule has 0 atom stereocenters. The Hall–Kier alpha value is -1.25. The lowest BCUT2D eigenvalue weighted by atomic mass is 10.2. The van der Waals surface area contributed by atoms with Gasteiger partial charge in [0.1, 0.15) is 11.6 Å². The lowest BCUT2D eigenvalue weighted by molar-refractivity contribution is 0.415. The fourth-order valence-electron chi connectivity index (χ4n) is 0.847. The minimum atomic E-state index is -0.302. The summed E-state index contributed by atoms with van der Waals surface area (Å²) < 4.78 is 17.6. The third kappa shape index (κ3) is 2.93. The maximum Gasteiger partial charge on any atom is 0.142 e. The summed E-state index contributed by atoms with van der Waals surface area (Å²) in [6, 6.07) is 2.83. The Labute approximate surface area is 78.5 Å². The maximum atomic E-state index is 12.8. The molecule has 1 aromatic carbocycles. The van der Waals surface area contributed by atoms with Crippen molar-refractivity contribution in [2.24, 2.45) is 0 Å². The number of benzene rings is 1. The number of nitrogens with two attached hydrogens (primary N) is 1. The molecule has 0 bridgehead atoms. The van der Waals surface area contributed by atoms with Crippen LogP contribution in [-0.4, -0.2) is 7.11 Å². The van der Waals surface area contributed by atoms with Crippen molar-refractivity contribution in [1.82, 2.24) is 0 Å². The maximum absolute atomic E-state index is 12.8. The van der Waals surface area contributed by atoms with Crippen LogP contribution >= 0.6 is 0 Å². The largest absolute Gasteiger partial charge is 0.495 e. The standard InChI is InChI=1S/C8H10FNO.C2H6/c1-5-3-8(11-2)7(10)4-6(5)9;1-2/h3-4H,10H2,1-2H3;1-2H3. The van der Waals surface area contributed by atoms with Crippen LogP contribution in [0.2, 0.25) is 0 Å². The van der Waals surface area contributed by atoms with Gasteiger partial charge in [-0.2, -0.15) is 0 Å². The van der Waals surface area contributed by atoms with Crippen molar-refractivity contribution in [2.75, 3.05) is 12.8 Å². The van der Waals surface area contributed by atoms with E-state index >= 15 is 0 Å². The fraction of sp³-hybridized carbons (Fsp3) is 0.400. The fourth-order valence-corrected chi connectivity index (χ4v) is 0.847. The molecule has 74 valence electrons. The Morgan fingerprint density at radius 1 is 1.31 bits per heavy atom. The van der Waals surface area contributed by atoms with Crippen molar-refractivity contribution in [1.29, 1.82) is 0 Å². The smallest absolute Gasteiger partial charge is 0.142 e. The molecule has 0 fully saturated rings. The van der Waals surface area contributed by atoms with Crippen LogP contribution in [-0.2, 0) is 0 Å². The molecule has 0 aliphatic carbocycles. The summed E-state index contributed by atoms with van der Waals surface area (Å²) in [5.41, 5.74) is 6.30. The van der Waals surface area contributed by atoms with E-state index in [1.807, 2.05) is 13.8 Å². The van der Waals surface area contributed by atoms with Crippen LogP contribution in [0.1, 0.15) is 19.4 Å². The highest BCUT2D eigenvalue weighted by Crippen LogP contribution is 2.23. The van der Waals surface area contributed by atoms with Gasteiger partial charge in [0.05, 0.1) is 12.8 Å². The molecule has 0 spiro atoms. The summed E-state index contributed by atoms with van der Waals surface area (Å²) in [4.78, 5) is 0. The summed E-state index contributed by atoms with van der Waals surface area (Å²) in [7, 11) is 1.50. The lowest BCUT2D eigenvalue weighted by Crippen LogP contribution is -1.94. The monoisotopic (exact) mass is 185 g/mol. The van der Waals surface area contributed by atoms with E-state index in [4.69, 9.17) is 10.5 Å². The molecule has 0 aliphatic rings. The highest BCUT2D eigenvalue weighted by molar-refractivity contribution is 5.54. The van der Waals surface area contributed by atoms with Crippen LogP contribution in [0.15, 0.2) is 12.1 Å². The van der Waals surface area contributed by atoms with E-state index in [0.717, 1.165) is 0 Å². The van der Waals surface area contributed by atoms with Crippen molar-refractivity contribution in [3.63, 3.8) is 0 Å². The van der Waals surface area contributed by atoms with Crippen LogP contribution in [0.5, 0.6) is 5.75 Å². The number of rotatable bonds is 1. The normalized spacial score (nSPS) is 8.69. The topological polar surface area (TPSA) is 35.2 Å². The minimum Gasteiger partial charge on any atom is -0.495 e. The predicted molar refractivity (Wildman–Crippen MR) is 53.4 cm³/mol. The molecule has 0 amide bonds. The lowest BCUT2D eigenvalue weighted by Gasteiger charge is -2.05. The Balaban J connectivity index is 0.000000671. The molecular formula is C10H16FNO. The molecule has 0 saturated heterocycles. The number of hydrogen-bond donors (Lipinski definition) is 1. The van der Waals surface area contributed by atoms with Crippen LogP contribution in [0, 0.1) is 12.7 Å². The molecule has 1 rings (SSSR count). The Morgan fingerprint density at radius 3 is 2.31 bits per heavy atom. The second-order valence-electron chi connectivity index (χ2n) is 2.34. The molecule has 0 aromatic heterocycles. The number of halogens is 1. The number of aryl methyl sites for hydroxylation is 1. The van der Waals surface area contributed by atoms with Gasteiger partial charge >= 0.3 is 0 Å². The molecule has 3 heteroatoms. The Morgan fingerprint density at radius 2 is 1.85 bits per heavy atom. The number of methoxy groups -OCH3 is 1. The minimum absolute atomic E-state index is 0.302. The molecular weight excluding hydrogens is 169 g/mol. The first kappa shape index (κ1) is 11.8. The van der Waals surface area contributed by atoms with Gasteiger partial charge in [0, 0.05) is 6.07 Å². The third-order valence-corrected chi connectivity index (χ3v) is 1.51. The number of anilines is 1. The Kier molecular flexibility index (Phi) is 4.89. The van der Waals surface area contributed by atoms with E-state index in [1.54, 1.807) is 13.0 Å². The van der Waals surface area contributed by atoms with Gasteiger partial charge < -0.3 is 10.5 Å². The van der Waals surface area contributed by atoms with E-state index < -0.39 is 0 Å². The average molecular weight is 185 g/mol. The molecule has 2 N–H and O–H groups in total. The first-order valence-electron chi connectivity index (χ1n) is 4.24. The molecule has 0 radical (unpaired) electrons. The summed E-state index contributed by atoms with van der Waals surface area (Å²) in [5, 5.41) is 0. The van der Waals surface area contributed by atoms with Crippen LogP contribution in [0.4, 0.5) is 10.1 Å². The van der Waals surface area contributed by atoms with Gasteiger partial charge in [-0.1, -0.05) is 13.8 Å². The van der Waals surface area contributed by atoms with Crippen LogP contribution in [0.3, 0.4) is 0 Å². The molecule has 0 heterocycles. The molecule has 0 aliphatic heterocycles. The van der Waals surface area contributed by atoms with Gasteiger partial charge in [0.25, 0.3) is 0 Å². The van der Waals surface area contributed by atoms with Gasteiger partial charge in [-0.3, -0.25) is 0 Å². The first-order valence-corrected chi connectivity index (χ1v) is 4.24. The van der Waals surface area contributed by atoms with E-state index in [2.05, 4.69) is 0 Å². The summed E-state index contributed by atoms with van der Waals surface area (Å²) >= 11 is 0. The van der Waals surface area contributed by atoms with Crippen molar-refractivity contribution >= 4 is 5.69 Å². The van der Waals surface area contributed by atoms with Crippen LogP contribution < -0.4 is 10.5 Å². The summed E-state index contributed by atoms with van der Waals surface area (Å²) in [6.07, 6.45) is 0. The molecule has 1 aromatic rings. The van der Waals surface area contributed by atoms with Crippen molar-refractivity contribution in [3.8, 4) is 5.75 Å². The SMILES string of the molecule is CC.COc1cc(C)c(F)cc1N. The zero-order valence-electron chi connectivity index (χ0n) is 8.52. The zero-order valence-corrected chi connectivity index (χ0v) is 8.52. The Bertz CT molecular complexity index is 274. The van der Waals surface area contributed by atoms with Crippen LogP contribution in [0.25, 0.3) is 0 Å². The molecule has 13 heavy (non-hydrogen) atoms. The number of nitrogen functional groups attached to an aromatic ring is 1. The van der Waals surface area contributed by atoms with Gasteiger partial charge in [-0.05, 0) is 18.6 Å². The average Bonchev–Trinajstić information content (AvgIpc) is 2.15. The van der Waals surface area contributed by atoms with Crippen molar-refractivity contribution in [3.05, 3.63) is 23.5 Å². The number of ether oxygens (including phenoxy) is 1. The van der Waals surface area contributed by atoms with Gasteiger partial charge in [-0.25, -0.2) is 4.39 Å². The predicted octanol–water partition coefficient (Wildman–Crippen LogP) is 2.75. The zero-order chi connectivity index (χ0) is 10.4. The van der Waals surface area contributed by atoms with E-state index in [9.17, 15) is 4.39 Å². The highest BCUT2D eigenvalue weighted by Gasteiger charge is 2.03. The first-order chi connectivity index (χ1) is 6.15. The number of hydrogen-bond acceptors (Lipinski definition) is 2. The second kappa shape index (κ2) is 5.41. The van der Waals surface area contributed by atoms with Crippen molar-refractivity contribution < 1.29 is 9.13 Å². The van der Waals surface area contributed by atoms with Gasteiger partial charge in [0.2, 0.25) is 0 Å². The third-order valence-electron chi connectivity index (χ3n) is 1.51. The quantitative estimate of drug-likeness (QED) is 0.683. The van der Waals surface area contributed by atoms with E-state index in [0.29, 0.717) is 17.0 Å². The van der Waals surface area contributed by atoms with Crippen molar-refractivity contribution in [2.45, 2.75) is 20.8 Å². The van der Waals surface area contributed by atoms with E-state index in [1.165, 1.54) is 13.2 Å². The highest BCUT2D eigenvalue weighted by atomic mass is 19.1. The second-order valence-corrected chi connectivity index (χ2v) is 2.34. The van der Waals surface area contributed by atoms with E-state index in [-0.39, 0.29) is 5.82 Å². The molecule has 0 saturated carbocycles. The summed E-state index contributed by atoms with van der Waals surface area (Å²) in [5.74, 6) is 0.215.